The maximum Gasteiger partial charge on any atom is 0.294 e. The average molecular weight is 497 g/mol. The fourth-order valence-corrected chi connectivity index (χ4v) is 4.06. The van der Waals surface area contributed by atoms with Gasteiger partial charge in [0.05, 0.1) is 26.8 Å². The van der Waals surface area contributed by atoms with Crippen molar-refractivity contribution in [2.75, 3.05) is 0 Å². The van der Waals surface area contributed by atoms with E-state index < -0.39 is 31.4 Å². The van der Waals surface area contributed by atoms with Gasteiger partial charge in [0.1, 0.15) is 17.1 Å². The molecular formula is C18H15N3O10S2. The van der Waals surface area contributed by atoms with Crippen LogP contribution in [0.15, 0.2) is 56.4 Å². The van der Waals surface area contributed by atoms with Crippen LogP contribution >= 0.6 is 12.0 Å². The van der Waals surface area contributed by atoms with Crippen molar-refractivity contribution in [2.24, 2.45) is 10.2 Å². The van der Waals surface area contributed by atoms with E-state index in [4.69, 9.17) is 5.26 Å². The van der Waals surface area contributed by atoms with Gasteiger partial charge in [0.2, 0.25) is 0 Å². The lowest BCUT2D eigenvalue weighted by Crippen LogP contribution is -2.00. The van der Waals surface area contributed by atoms with Crippen LogP contribution in [0.2, 0.25) is 0 Å². The SMILES string of the molecule is CCc1cc(S(=O)(=O)O)cc2cc(SOOO)c(N=Nc3cc([N+](=O)[O-])ccc3O)c(O)c12. The Labute approximate surface area is 189 Å². The molecule has 3 aromatic rings. The monoisotopic (exact) mass is 497 g/mol. The van der Waals surface area contributed by atoms with E-state index in [2.05, 4.69) is 19.6 Å². The summed E-state index contributed by atoms with van der Waals surface area (Å²) in [4.78, 5) is 9.86. The number of benzene rings is 3. The van der Waals surface area contributed by atoms with Crippen molar-refractivity contribution >= 4 is 50.0 Å². The molecule has 0 aromatic heterocycles. The van der Waals surface area contributed by atoms with Gasteiger partial charge in [-0.05, 0) is 41.6 Å². The number of phenolic OH excluding ortho intramolecular Hbond substituents is 2. The molecule has 0 aliphatic rings. The Morgan fingerprint density at radius 2 is 1.88 bits per heavy atom. The lowest BCUT2D eigenvalue weighted by molar-refractivity contribution is -0.432. The molecule has 0 fully saturated rings. The molecule has 0 saturated heterocycles. The Bertz CT molecular complexity index is 1380. The van der Waals surface area contributed by atoms with Crippen molar-refractivity contribution in [3.63, 3.8) is 0 Å². The third-order valence-electron chi connectivity index (χ3n) is 4.47. The van der Waals surface area contributed by atoms with Crippen molar-refractivity contribution in [3.05, 3.63) is 52.1 Å². The number of aromatic hydroxyl groups is 2. The van der Waals surface area contributed by atoms with Crippen LogP contribution in [0.4, 0.5) is 17.1 Å². The number of hydrogen-bond donors (Lipinski definition) is 4. The van der Waals surface area contributed by atoms with Crippen LogP contribution in [0.1, 0.15) is 12.5 Å². The molecule has 15 heteroatoms. The van der Waals surface area contributed by atoms with Gasteiger partial charge in [-0.3, -0.25) is 14.7 Å². The molecule has 3 aromatic carbocycles. The van der Waals surface area contributed by atoms with Crippen molar-refractivity contribution in [1.29, 1.82) is 0 Å². The molecular weight excluding hydrogens is 482 g/mol. The molecule has 0 aliphatic heterocycles. The molecule has 0 bridgehead atoms. The normalized spacial score (nSPS) is 12.0. The zero-order valence-corrected chi connectivity index (χ0v) is 18.2. The van der Waals surface area contributed by atoms with E-state index in [0.717, 1.165) is 24.3 Å². The maximum atomic E-state index is 11.6. The number of hydrogen-bond acceptors (Lipinski definition) is 12. The predicted octanol–water partition coefficient (Wildman–Crippen LogP) is 4.81. The molecule has 0 saturated carbocycles. The van der Waals surface area contributed by atoms with E-state index in [0.29, 0.717) is 17.6 Å². The fourth-order valence-electron chi connectivity index (χ4n) is 2.99. The Kier molecular flexibility index (Phi) is 7.11. The van der Waals surface area contributed by atoms with Crippen LogP contribution in [0.25, 0.3) is 10.8 Å². The highest BCUT2D eigenvalue weighted by Gasteiger charge is 2.21. The second kappa shape index (κ2) is 9.65. The summed E-state index contributed by atoms with van der Waals surface area (Å²) in [6.07, 6.45) is 0.262. The zero-order valence-electron chi connectivity index (χ0n) is 16.6. The number of nitrogens with zero attached hydrogens (tertiary/aromatic N) is 3. The summed E-state index contributed by atoms with van der Waals surface area (Å²) in [6.45, 7) is 1.69. The molecule has 3 rings (SSSR count). The number of azo groups is 1. The lowest BCUT2D eigenvalue weighted by atomic mass is 10.0. The third kappa shape index (κ3) is 5.19. The number of non-ortho nitro benzene ring substituents is 1. The van der Waals surface area contributed by atoms with Gasteiger partial charge < -0.3 is 10.2 Å². The third-order valence-corrected chi connectivity index (χ3v) is 5.92. The summed E-state index contributed by atoms with van der Waals surface area (Å²) in [5.74, 6) is -0.884. The molecule has 0 atom stereocenters. The summed E-state index contributed by atoms with van der Waals surface area (Å²) in [5.41, 5.74) is -0.508. The molecule has 4 N–H and O–H groups in total. The topological polar surface area (TPSA) is 201 Å². The standard InChI is InChI=1S/C18H15N3O10S2/c1-2-9-5-12(33(27,28)29)6-10-7-15(32-31-30-26)17(18(23)16(9)10)20-19-13-8-11(21(24)25)3-4-14(13)22/h3-8,22-23,26H,2H2,1H3,(H,27,28,29). The smallest absolute Gasteiger partial charge is 0.294 e. The zero-order chi connectivity index (χ0) is 24.3. The van der Waals surface area contributed by atoms with Gasteiger partial charge in [-0.1, -0.05) is 12.0 Å². The number of rotatable bonds is 8. The van der Waals surface area contributed by atoms with E-state index in [1.807, 2.05) is 0 Å². The van der Waals surface area contributed by atoms with E-state index in [1.165, 1.54) is 12.1 Å². The Morgan fingerprint density at radius 3 is 2.48 bits per heavy atom. The number of nitro benzene ring substituents is 1. The first-order valence-corrected chi connectivity index (χ1v) is 11.1. The molecule has 0 spiro atoms. The summed E-state index contributed by atoms with van der Waals surface area (Å²) in [6, 6.07) is 6.71. The van der Waals surface area contributed by atoms with Crippen LogP contribution in [-0.4, -0.2) is 33.4 Å². The second-order valence-electron chi connectivity index (χ2n) is 6.44. The first kappa shape index (κ1) is 24.3. The average Bonchev–Trinajstić information content (AvgIpc) is 2.76. The van der Waals surface area contributed by atoms with Gasteiger partial charge in [-0.2, -0.15) is 8.42 Å². The summed E-state index contributed by atoms with van der Waals surface area (Å²) >= 11 is 0.382. The number of nitro groups is 1. The van der Waals surface area contributed by atoms with Crippen molar-refractivity contribution < 1.29 is 42.7 Å². The number of aryl methyl sites for hydroxylation is 1. The van der Waals surface area contributed by atoms with E-state index in [-0.39, 0.29) is 39.2 Å². The minimum atomic E-state index is -4.55. The van der Waals surface area contributed by atoms with Crippen LogP contribution in [-0.2, 0) is 25.9 Å². The van der Waals surface area contributed by atoms with Gasteiger partial charge in [0.25, 0.3) is 15.8 Å². The van der Waals surface area contributed by atoms with Crippen LogP contribution in [0, 0.1) is 10.1 Å². The molecule has 0 heterocycles. The number of fused-ring (bicyclic) bond motifs is 1. The fraction of sp³-hybridized carbons (Fsp3) is 0.111. The summed E-state index contributed by atoms with van der Waals surface area (Å²) in [5, 5.41) is 51.9. The van der Waals surface area contributed by atoms with Gasteiger partial charge >= 0.3 is 0 Å². The molecule has 13 nitrogen and oxygen atoms in total. The van der Waals surface area contributed by atoms with Crippen LogP contribution in [0.3, 0.4) is 0 Å². The van der Waals surface area contributed by atoms with E-state index >= 15 is 0 Å². The van der Waals surface area contributed by atoms with Crippen molar-refractivity contribution in [2.45, 2.75) is 23.1 Å². The Hall–Kier alpha value is -3.34. The molecule has 0 amide bonds. The molecule has 174 valence electrons. The van der Waals surface area contributed by atoms with Gasteiger partial charge in [-0.25, -0.2) is 5.26 Å². The molecule has 0 aliphatic carbocycles. The minimum Gasteiger partial charge on any atom is -0.506 e. The van der Waals surface area contributed by atoms with Crippen molar-refractivity contribution in [1.82, 2.24) is 0 Å². The predicted molar refractivity (Wildman–Crippen MR) is 114 cm³/mol. The molecule has 33 heavy (non-hydrogen) atoms. The highest BCUT2D eigenvalue weighted by atomic mass is 32.2. The summed E-state index contributed by atoms with van der Waals surface area (Å²) < 4.78 is 37.1. The van der Waals surface area contributed by atoms with Crippen LogP contribution < -0.4 is 0 Å². The molecule has 0 unspecified atom stereocenters. The summed E-state index contributed by atoms with van der Waals surface area (Å²) in [7, 11) is -4.55. The number of phenols is 2. The van der Waals surface area contributed by atoms with E-state index in [9.17, 15) is 33.3 Å². The lowest BCUT2D eigenvalue weighted by Gasteiger charge is -2.13. The van der Waals surface area contributed by atoms with Gasteiger partial charge in [0, 0.05) is 17.5 Å². The van der Waals surface area contributed by atoms with Gasteiger partial charge in [-0.15, -0.1) is 14.6 Å². The maximum absolute atomic E-state index is 11.6. The first-order chi connectivity index (χ1) is 15.6. The Morgan fingerprint density at radius 1 is 1.15 bits per heavy atom. The largest absolute Gasteiger partial charge is 0.506 e. The highest BCUT2D eigenvalue weighted by Crippen LogP contribution is 2.46. The van der Waals surface area contributed by atoms with E-state index in [1.54, 1.807) is 6.92 Å². The van der Waals surface area contributed by atoms with Crippen molar-refractivity contribution in [3.8, 4) is 11.5 Å². The molecule has 0 radical (unpaired) electrons. The second-order valence-corrected chi connectivity index (χ2v) is 8.60. The Balaban J connectivity index is 2.26. The van der Waals surface area contributed by atoms with Crippen LogP contribution in [0.5, 0.6) is 11.5 Å². The highest BCUT2D eigenvalue weighted by molar-refractivity contribution is 7.94. The van der Waals surface area contributed by atoms with Gasteiger partial charge in [0.15, 0.2) is 5.75 Å². The quantitative estimate of drug-likeness (QED) is 0.0830. The minimum absolute atomic E-state index is 0.0164. The first-order valence-electron chi connectivity index (χ1n) is 8.90.